The second-order valence-electron chi connectivity index (χ2n) is 5.25. The topological polar surface area (TPSA) is 32.3 Å². The van der Waals surface area contributed by atoms with Gasteiger partial charge in [-0.2, -0.15) is 0 Å². The maximum atomic E-state index is 12.4. The van der Waals surface area contributed by atoms with Crippen LogP contribution in [0.15, 0.2) is 29.2 Å². The van der Waals surface area contributed by atoms with Crippen molar-refractivity contribution >= 4 is 23.5 Å². The molecule has 1 N–H and O–H groups in total. The minimum Gasteiger partial charge on any atom is -0.335 e. The molecule has 0 saturated heterocycles. The lowest BCUT2D eigenvalue weighted by Gasteiger charge is -2.31. The first kappa shape index (κ1) is 12.9. The number of thioether (sulfide) groups is 1. The lowest BCUT2D eigenvalue weighted by atomic mass is 9.96. The number of nitrogens with zero attached hydrogens (tertiary/aromatic N) is 1. The molecule has 4 heteroatoms. The summed E-state index contributed by atoms with van der Waals surface area (Å²) in [6.45, 7) is 0.806. The van der Waals surface area contributed by atoms with Crippen LogP contribution in [0.5, 0.6) is 0 Å². The van der Waals surface area contributed by atoms with Crippen molar-refractivity contribution in [3.63, 3.8) is 0 Å². The minimum absolute atomic E-state index is 0.0830. The Kier molecular flexibility index (Phi) is 3.97. The summed E-state index contributed by atoms with van der Waals surface area (Å²) in [6.07, 6.45) is 6.08. The highest BCUT2D eigenvalue weighted by Gasteiger charge is 2.24. The maximum Gasteiger partial charge on any atom is 0.322 e. The fraction of sp³-hybridized carbons (Fsp3) is 0.533. The van der Waals surface area contributed by atoms with Gasteiger partial charge in [-0.25, -0.2) is 4.79 Å². The van der Waals surface area contributed by atoms with Crippen LogP contribution in [0.1, 0.15) is 32.1 Å². The minimum atomic E-state index is 0.0830. The van der Waals surface area contributed by atoms with Gasteiger partial charge in [-0.3, -0.25) is 4.90 Å². The molecule has 0 bridgehead atoms. The number of anilines is 1. The van der Waals surface area contributed by atoms with Gasteiger partial charge in [-0.1, -0.05) is 31.4 Å². The SMILES string of the molecule is O=C(NC1CCCCC1)N1CCSc2ccccc21. The van der Waals surface area contributed by atoms with Gasteiger partial charge in [0.05, 0.1) is 5.69 Å². The Labute approximate surface area is 118 Å². The largest absolute Gasteiger partial charge is 0.335 e. The number of nitrogens with one attached hydrogen (secondary N) is 1. The Balaban J connectivity index is 1.70. The average molecular weight is 276 g/mol. The summed E-state index contributed by atoms with van der Waals surface area (Å²) < 4.78 is 0. The molecule has 102 valence electrons. The third-order valence-corrected chi connectivity index (χ3v) is 4.95. The van der Waals surface area contributed by atoms with Gasteiger partial charge in [0.1, 0.15) is 0 Å². The summed E-state index contributed by atoms with van der Waals surface area (Å²) >= 11 is 1.83. The molecule has 19 heavy (non-hydrogen) atoms. The summed E-state index contributed by atoms with van der Waals surface area (Å²) in [7, 11) is 0. The van der Waals surface area contributed by atoms with Crippen molar-refractivity contribution in [2.75, 3.05) is 17.2 Å². The van der Waals surface area contributed by atoms with Crippen molar-refractivity contribution in [2.45, 2.75) is 43.0 Å². The Hall–Kier alpha value is -1.16. The number of carbonyl (C=O) groups is 1. The van der Waals surface area contributed by atoms with Crippen LogP contribution < -0.4 is 10.2 Å². The predicted molar refractivity (Wildman–Crippen MR) is 79.9 cm³/mol. The quantitative estimate of drug-likeness (QED) is 0.849. The molecule has 3 nitrogen and oxygen atoms in total. The Morgan fingerprint density at radius 1 is 1.21 bits per heavy atom. The van der Waals surface area contributed by atoms with Gasteiger partial charge in [-0.05, 0) is 25.0 Å². The number of benzene rings is 1. The van der Waals surface area contributed by atoms with Crippen LogP contribution in [0.3, 0.4) is 0 Å². The van der Waals surface area contributed by atoms with Crippen LogP contribution in [0.25, 0.3) is 0 Å². The molecule has 0 atom stereocenters. The maximum absolute atomic E-state index is 12.4. The number of amides is 2. The molecule has 1 fully saturated rings. The van der Waals surface area contributed by atoms with E-state index in [4.69, 9.17) is 0 Å². The second kappa shape index (κ2) is 5.87. The van der Waals surface area contributed by atoms with E-state index in [0.29, 0.717) is 6.04 Å². The van der Waals surface area contributed by atoms with Gasteiger partial charge in [0.2, 0.25) is 0 Å². The van der Waals surface area contributed by atoms with Gasteiger partial charge in [0.25, 0.3) is 0 Å². The smallest absolute Gasteiger partial charge is 0.322 e. The molecule has 1 saturated carbocycles. The molecule has 3 rings (SSSR count). The predicted octanol–water partition coefficient (Wildman–Crippen LogP) is 3.64. The number of hydrogen-bond acceptors (Lipinski definition) is 2. The lowest BCUT2D eigenvalue weighted by Crippen LogP contribution is -2.47. The molecule has 0 aromatic heterocycles. The first-order chi connectivity index (χ1) is 9.34. The zero-order valence-electron chi connectivity index (χ0n) is 11.1. The zero-order valence-corrected chi connectivity index (χ0v) is 11.9. The van der Waals surface area contributed by atoms with E-state index in [1.54, 1.807) is 0 Å². The number of hydrogen-bond donors (Lipinski definition) is 1. The Morgan fingerprint density at radius 2 is 2.00 bits per heavy atom. The number of urea groups is 1. The summed E-state index contributed by atoms with van der Waals surface area (Å²) in [6, 6.07) is 8.64. The first-order valence-corrected chi connectivity index (χ1v) is 8.13. The van der Waals surface area contributed by atoms with Crippen LogP contribution in [0, 0.1) is 0 Å². The molecule has 2 amide bonds. The zero-order chi connectivity index (χ0) is 13.1. The Morgan fingerprint density at radius 3 is 2.84 bits per heavy atom. The number of carbonyl (C=O) groups excluding carboxylic acids is 1. The van der Waals surface area contributed by atoms with E-state index in [1.165, 1.54) is 24.2 Å². The number of rotatable bonds is 1. The Bertz CT molecular complexity index is 457. The average Bonchev–Trinajstić information content (AvgIpc) is 2.47. The highest BCUT2D eigenvalue weighted by molar-refractivity contribution is 7.99. The summed E-state index contributed by atoms with van der Waals surface area (Å²) in [4.78, 5) is 15.6. The highest BCUT2D eigenvalue weighted by atomic mass is 32.2. The molecule has 1 heterocycles. The number of para-hydroxylation sites is 1. The van der Waals surface area contributed by atoms with Gasteiger partial charge >= 0.3 is 6.03 Å². The lowest BCUT2D eigenvalue weighted by molar-refractivity contribution is 0.238. The third-order valence-electron chi connectivity index (χ3n) is 3.91. The molecule has 2 aliphatic rings. The van der Waals surface area contributed by atoms with Gasteiger partial charge in [0, 0.05) is 23.2 Å². The van der Waals surface area contributed by atoms with Crippen LogP contribution in [-0.4, -0.2) is 24.4 Å². The van der Waals surface area contributed by atoms with Crippen molar-refractivity contribution in [1.29, 1.82) is 0 Å². The van der Waals surface area contributed by atoms with Crippen molar-refractivity contribution < 1.29 is 4.79 Å². The molecule has 0 spiro atoms. The van der Waals surface area contributed by atoms with Crippen molar-refractivity contribution in [3.05, 3.63) is 24.3 Å². The first-order valence-electron chi connectivity index (χ1n) is 7.14. The van der Waals surface area contributed by atoms with E-state index >= 15 is 0 Å². The third kappa shape index (κ3) is 2.89. The summed E-state index contributed by atoms with van der Waals surface area (Å²) in [5, 5.41) is 3.21. The highest BCUT2D eigenvalue weighted by Crippen LogP contribution is 2.34. The molecule has 0 radical (unpaired) electrons. The van der Waals surface area contributed by atoms with E-state index in [1.807, 2.05) is 34.9 Å². The van der Waals surface area contributed by atoms with E-state index in [-0.39, 0.29) is 6.03 Å². The van der Waals surface area contributed by atoms with Crippen molar-refractivity contribution in [2.24, 2.45) is 0 Å². The van der Waals surface area contributed by atoms with Crippen LogP contribution >= 0.6 is 11.8 Å². The monoisotopic (exact) mass is 276 g/mol. The molecule has 1 aromatic rings. The van der Waals surface area contributed by atoms with E-state index in [9.17, 15) is 4.79 Å². The normalized spacial score (nSPS) is 19.9. The van der Waals surface area contributed by atoms with Crippen molar-refractivity contribution in [1.82, 2.24) is 5.32 Å². The fourth-order valence-electron chi connectivity index (χ4n) is 2.88. The second-order valence-corrected chi connectivity index (χ2v) is 6.39. The van der Waals surface area contributed by atoms with Gasteiger partial charge < -0.3 is 5.32 Å². The summed E-state index contributed by atoms with van der Waals surface area (Å²) in [5.74, 6) is 0.981. The fourth-order valence-corrected chi connectivity index (χ4v) is 3.87. The molecule has 0 unspecified atom stereocenters. The van der Waals surface area contributed by atoms with E-state index in [0.717, 1.165) is 30.8 Å². The van der Waals surface area contributed by atoms with Crippen LogP contribution in [0.2, 0.25) is 0 Å². The molecule has 1 aromatic carbocycles. The van der Waals surface area contributed by atoms with Crippen molar-refractivity contribution in [3.8, 4) is 0 Å². The van der Waals surface area contributed by atoms with Gasteiger partial charge in [0.15, 0.2) is 0 Å². The van der Waals surface area contributed by atoms with Crippen LogP contribution in [0.4, 0.5) is 10.5 Å². The van der Waals surface area contributed by atoms with E-state index in [2.05, 4.69) is 11.4 Å². The van der Waals surface area contributed by atoms with Crippen LogP contribution in [-0.2, 0) is 0 Å². The molecular formula is C15H20N2OS. The molecule has 1 aliphatic heterocycles. The molecule has 1 aliphatic carbocycles. The van der Waals surface area contributed by atoms with E-state index < -0.39 is 0 Å². The summed E-state index contributed by atoms with van der Waals surface area (Å²) in [5.41, 5.74) is 1.06. The van der Waals surface area contributed by atoms with Gasteiger partial charge in [-0.15, -0.1) is 11.8 Å². The standard InChI is InChI=1S/C15H20N2OS/c18-15(16-12-6-2-1-3-7-12)17-10-11-19-14-9-5-4-8-13(14)17/h4-5,8-9,12H,1-3,6-7,10-11H2,(H,16,18). The molecular weight excluding hydrogens is 256 g/mol. The number of fused-ring (bicyclic) bond motifs is 1.